The summed E-state index contributed by atoms with van der Waals surface area (Å²) < 4.78 is 5.57. The van der Waals surface area contributed by atoms with E-state index in [1.807, 2.05) is 12.1 Å². The molecular formula is C14H6Cl2N2O. The summed E-state index contributed by atoms with van der Waals surface area (Å²) in [4.78, 5) is 0. The second kappa shape index (κ2) is 5.63. The van der Waals surface area contributed by atoms with Gasteiger partial charge in [-0.05, 0) is 30.3 Å². The highest BCUT2D eigenvalue weighted by molar-refractivity contribution is 6.35. The number of hydrogen-bond acceptors (Lipinski definition) is 3. The fourth-order valence-corrected chi connectivity index (χ4v) is 1.94. The predicted molar refractivity (Wildman–Crippen MR) is 72.4 cm³/mol. The molecule has 2 aromatic carbocycles. The van der Waals surface area contributed by atoms with Gasteiger partial charge in [0.1, 0.15) is 17.9 Å². The molecule has 0 amide bonds. The second-order valence-electron chi connectivity index (χ2n) is 3.58. The average molecular weight is 289 g/mol. The zero-order chi connectivity index (χ0) is 13.8. The third-order valence-corrected chi connectivity index (χ3v) is 2.89. The van der Waals surface area contributed by atoms with Gasteiger partial charge < -0.3 is 4.74 Å². The maximum atomic E-state index is 9.04. The third-order valence-electron chi connectivity index (χ3n) is 2.36. The standard InChI is InChI=1S/C14H6Cl2N2O/c15-11-4-5-13(12(16)6-11)19-14-9(7-17)2-1-3-10(14)8-18/h1-6H. The fourth-order valence-electron chi connectivity index (χ4n) is 1.49. The van der Waals surface area contributed by atoms with E-state index in [1.54, 1.807) is 30.3 Å². The lowest BCUT2D eigenvalue weighted by molar-refractivity contribution is 0.480. The Bertz CT molecular complexity index is 682. The van der Waals surface area contributed by atoms with Crippen LogP contribution in [0, 0.1) is 22.7 Å². The molecule has 0 aliphatic rings. The number of hydrogen-bond donors (Lipinski definition) is 0. The second-order valence-corrected chi connectivity index (χ2v) is 4.43. The molecule has 0 aliphatic carbocycles. The van der Waals surface area contributed by atoms with Gasteiger partial charge in [0, 0.05) is 5.02 Å². The Morgan fingerprint density at radius 2 is 1.58 bits per heavy atom. The van der Waals surface area contributed by atoms with Crippen molar-refractivity contribution in [1.29, 1.82) is 10.5 Å². The Kier molecular flexibility index (Phi) is 3.92. The summed E-state index contributed by atoms with van der Waals surface area (Å²) in [7, 11) is 0. The summed E-state index contributed by atoms with van der Waals surface area (Å²) in [6, 6.07) is 13.4. The molecule has 2 aromatic rings. The van der Waals surface area contributed by atoms with Crippen LogP contribution in [0.3, 0.4) is 0 Å². The quantitative estimate of drug-likeness (QED) is 0.816. The molecule has 0 heterocycles. The number of rotatable bonds is 2. The minimum Gasteiger partial charge on any atom is -0.453 e. The van der Waals surface area contributed by atoms with Crippen LogP contribution in [0.4, 0.5) is 0 Å². The zero-order valence-corrected chi connectivity index (χ0v) is 11.0. The molecule has 0 saturated heterocycles. The van der Waals surface area contributed by atoms with Crippen LogP contribution in [0.1, 0.15) is 11.1 Å². The van der Waals surface area contributed by atoms with Crippen molar-refractivity contribution in [2.24, 2.45) is 0 Å². The van der Waals surface area contributed by atoms with Gasteiger partial charge in [0.05, 0.1) is 16.1 Å². The Morgan fingerprint density at radius 1 is 0.947 bits per heavy atom. The van der Waals surface area contributed by atoms with E-state index >= 15 is 0 Å². The maximum Gasteiger partial charge on any atom is 0.162 e. The first-order valence-corrected chi connectivity index (χ1v) is 5.97. The first-order valence-electron chi connectivity index (χ1n) is 5.22. The number of nitrogens with zero attached hydrogens (tertiary/aromatic N) is 2. The van der Waals surface area contributed by atoms with Crippen LogP contribution in [0.2, 0.25) is 10.0 Å². The van der Waals surface area contributed by atoms with E-state index in [-0.39, 0.29) is 16.9 Å². The van der Waals surface area contributed by atoms with Gasteiger partial charge in [-0.15, -0.1) is 0 Å². The van der Waals surface area contributed by atoms with Crippen molar-refractivity contribution in [3.05, 3.63) is 57.6 Å². The van der Waals surface area contributed by atoms with Crippen LogP contribution in [-0.2, 0) is 0 Å². The molecule has 0 spiro atoms. The molecule has 0 fully saturated rings. The van der Waals surface area contributed by atoms with Crippen LogP contribution in [0.5, 0.6) is 11.5 Å². The van der Waals surface area contributed by atoms with Gasteiger partial charge >= 0.3 is 0 Å². The molecule has 5 heteroatoms. The van der Waals surface area contributed by atoms with Crippen LogP contribution in [0.15, 0.2) is 36.4 Å². The first-order chi connectivity index (χ1) is 9.15. The number of benzene rings is 2. The zero-order valence-electron chi connectivity index (χ0n) is 9.52. The molecule has 0 bridgehead atoms. The summed E-state index contributed by atoms with van der Waals surface area (Å²) in [6.45, 7) is 0. The number of nitriles is 2. The average Bonchev–Trinajstić information content (AvgIpc) is 2.42. The van der Waals surface area contributed by atoms with E-state index in [0.717, 1.165) is 0 Å². The molecule has 0 saturated carbocycles. The molecule has 2 rings (SSSR count). The highest BCUT2D eigenvalue weighted by Crippen LogP contribution is 2.34. The molecule has 0 atom stereocenters. The summed E-state index contributed by atoms with van der Waals surface area (Å²) in [5.41, 5.74) is 0.537. The molecule has 3 nitrogen and oxygen atoms in total. The number of para-hydroxylation sites is 1. The van der Waals surface area contributed by atoms with Crippen LogP contribution < -0.4 is 4.74 Å². The van der Waals surface area contributed by atoms with E-state index < -0.39 is 0 Å². The Labute approximate surface area is 120 Å². The fraction of sp³-hybridized carbons (Fsp3) is 0. The molecule has 0 unspecified atom stereocenters. The van der Waals surface area contributed by atoms with E-state index in [2.05, 4.69) is 0 Å². The number of ether oxygens (including phenoxy) is 1. The van der Waals surface area contributed by atoms with E-state index in [9.17, 15) is 0 Å². The normalized spacial score (nSPS) is 9.47. The smallest absolute Gasteiger partial charge is 0.162 e. The van der Waals surface area contributed by atoms with Crippen molar-refractivity contribution in [3.8, 4) is 23.6 Å². The van der Waals surface area contributed by atoms with Crippen LogP contribution in [0.25, 0.3) is 0 Å². The van der Waals surface area contributed by atoms with Crippen molar-refractivity contribution in [2.45, 2.75) is 0 Å². The van der Waals surface area contributed by atoms with Gasteiger partial charge in [-0.3, -0.25) is 0 Å². The Morgan fingerprint density at radius 3 is 2.11 bits per heavy atom. The van der Waals surface area contributed by atoms with Gasteiger partial charge in [-0.1, -0.05) is 29.3 Å². The summed E-state index contributed by atoms with van der Waals surface area (Å²) in [5, 5.41) is 18.9. The highest BCUT2D eigenvalue weighted by Gasteiger charge is 2.12. The van der Waals surface area contributed by atoms with Crippen molar-refractivity contribution >= 4 is 23.2 Å². The lowest BCUT2D eigenvalue weighted by atomic mass is 10.1. The molecule has 0 N–H and O–H groups in total. The van der Waals surface area contributed by atoms with E-state index in [4.69, 9.17) is 38.5 Å². The van der Waals surface area contributed by atoms with Gasteiger partial charge in [-0.25, -0.2) is 0 Å². The predicted octanol–water partition coefficient (Wildman–Crippen LogP) is 4.53. The van der Waals surface area contributed by atoms with Crippen LogP contribution >= 0.6 is 23.2 Å². The van der Waals surface area contributed by atoms with Gasteiger partial charge in [0.2, 0.25) is 0 Å². The molecule has 92 valence electrons. The molecular weight excluding hydrogens is 283 g/mol. The Balaban J connectivity index is 2.49. The number of halogens is 2. The Hall–Kier alpha value is -2.20. The lowest BCUT2D eigenvalue weighted by Gasteiger charge is -2.10. The SMILES string of the molecule is N#Cc1cccc(C#N)c1Oc1ccc(Cl)cc1Cl. The van der Waals surface area contributed by atoms with E-state index in [1.165, 1.54) is 6.07 Å². The summed E-state index contributed by atoms with van der Waals surface area (Å²) in [5.74, 6) is 0.530. The summed E-state index contributed by atoms with van der Waals surface area (Å²) >= 11 is 11.8. The van der Waals surface area contributed by atoms with Crippen molar-refractivity contribution in [1.82, 2.24) is 0 Å². The van der Waals surface area contributed by atoms with Gasteiger partial charge in [0.25, 0.3) is 0 Å². The van der Waals surface area contributed by atoms with Crippen LogP contribution in [-0.4, -0.2) is 0 Å². The lowest BCUT2D eigenvalue weighted by Crippen LogP contribution is -1.92. The maximum absolute atomic E-state index is 9.04. The minimum absolute atomic E-state index is 0.191. The minimum atomic E-state index is 0.191. The van der Waals surface area contributed by atoms with Crippen molar-refractivity contribution in [2.75, 3.05) is 0 Å². The first kappa shape index (κ1) is 13.2. The third kappa shape index (κ3) is 2.80. The molecule has 0 radical (unpaired) electrons. The largest absolute Gasteiger partial charge is 0.453 e. The van der Waals surface area contributed by atoms with Crippen molar-refractivity contribution in [3.63, 3.8) is 0 Å². The summed E-state index contributed by atoms with van der Waals surface area (Å²) in [6.07, 6.45) is 0. The van der Waals surface area contributed by atoms with Gasteiger partial charge in [0.15, 0.2) is 5.75 Å². The van der Waals surface area contributed by atoms with E-state index in [0.29, 0.717) is 15.8 Å². The monoisotopic (exact) mass is 288 g/mol. The molecule has 0 aromatic heterocycles. The topological polar surface area (TPSA) is 56.8 Å². The molecule has 0 aliphatic heterocycles. The highest BCUT2D eigenvalue weighted by atomic mass is 35.5. The van der Waals surface area contributed by atoms with Crippen molar-refractivity contribution < 1.29 is 4.74 Å². The van der Waals surface area contributed by atoms with Gasteiger partial charge in [-0.2, -0.15) is 10.5 Å². The molecule has 19 heavy (non-hydrogen) atoms.